The van der Waals surface area contributed by atoms with Gasteiger partial charge in [-0.3, -0.25) is 9.59 Å². The number of methoxy groups -OCH3 is 2. The lowest BCUT2D eigenvalue weighted by molar-refractivity contribution is -0.143. The predicted octanol–water partition coefficient (Wildman–Crippen LogP) is 2.27. The van der Waals surface area contributed by atoms with Gasteiger partial charge in [0, 0.05) is 12.5 Å². The fourth-order valence-corrected chi connectivity index (χ4v) is 2.52. The van der Waals surface area contributed by atoms with Crippen LogP contribution in [0.3, 0.4) is 0 Å². The highest BCUT2D eigenvalue weighted by Gasteiger charge is 2.29. The van der Waals surface area contributed by atoms with Crippen LogP contribution in [0, 0.1) is 5.92 Å². The minimum Gasteiger partial charge on any atom is -0.497 e. The molecule has 0 heterocycles. The van der Waals surface area contributed by atoms with E-state index in [1.807, 2.05) is 24.3 Å². The molecule has 0 saturated heterocycles. The van der Waals surface area contributed by atoms with E-state index in [-0.39, 0.29) is 24.2 Å². The summed E-state index contributed by atoms with van der Waals surface area (Å²) in [5.41, 5.74) is 0. The number of hydrogen-bond acceptors (Lipinski definition) is 5. The maximum atomic E-state index is 12.5. The number of esters is 1. The van der Waals surface area contributed by atoms with E-state index in [4.69, 9.17) is 9.47 Å². The van der Waals surface area contributed by atoms with Crippen LogP contribution < -0.4 is 9.47 Å². The topological polar surface area (TPSA) is 65.1 Å². The fourth-order valence-electron chi connectivity index (χ4n) is 2.52. The molecule has 1 aliphatic rings. The Balaban J connectivity index is 1.83. The average Bonchev–Trinajstić information content (AvgIpc) is 2.56. The SMILES string of the molecule is COC(=O)CCN(CCOc1ccc(OC)cc1)C(=O)C1CCC1. The van der Waals surface area contributed by atoms with Crippen molar-refractivity contribution in [3.63, 3.8) is 0 Å². The summed E-state index contributed by atoms with van der Waals surface area (Å²) in [6.45, 7) is 1.21. The van der Waals surface area contributed by atoms with Crippen LogP contribution in [0.15, 0.2) is 24.3 Å². The van der Waals surface area contributed by atoms with Crippen molar-refractivity contribution in [1.82, 2.24) is 4.90 Å². The molecule has 0 radical (unpaired) electrons. The van der Waals surface area contributed by atoms with Crippen LogP contribution in [0.1, 0.15) is 25.7 Å². The highest BCUT2D eigenvalue weighted by molar-refractivity contribution is 5.80. The molecular formula is C18H25NO5. The normalized spacial score (nSPS) is 13.8. The van der Waals surface area contributed by atoms with Gasteiger partial charge in [-0.1, -0.05) is 6.42 Å². The first-order valence-corrected chi connectivity index (χ1v) is 8.26. The minimum absolute atomic E-state index is 0.101. The molecule has 0 aliphatic heterocycles. The van der Waals surface area contributed by atoms with Gasteiger partial charge in [-0.05, 0) is 37.1 Å². The van der Waals surface area contributed by atoms with Crippen molar-refractivity contribution in [3.8, 4) is 11.5 Å². The molecule has 0 bridgehead atoms. The van der Waals surface area contributed by atoms with Crippen LogP contribution in [0.2, 0.25) is 0 Å². The molecule has 0 spiro atoms. The number of carbonyl (C=O) groups is 2. The molecule has 1 fully saturated rings. The Hall–Kier alpha value is -2.24. The quantitative estimate of drug-likeness (QED) is 0.648. The molecule has 24 heavy (non-hydrogen) atoms. The van der Waals surface area contributed by atoms with E-state index in [1.165, 1.54) is 7.11 Å². The van der Waals surface area contributed by atoms with Gasteiger partial charge in [0.2, 0.25) is 5.91 Å². The summed E-state index contributed by atoms with van der Waals surface area (Å²) >= 11 is 0. The lowest BCUT2D eigenvalue weighted by atomic mass is 9.84. The second-order valence-electron chi connectivity index (χ2n) is 5.80. The summed E-state index contributed by atoms with van der Waals surface area (Å²) in [7, 11) is 2.97. The first-order chi connectivity index (χ1) is 11.6. The van der Waals surface area contributed by atoms with Gasteiger partial charge in [-0.15, -0.1) is 0 Å². The molecule has 1 saturated carbocycles. The van der Waals surface area contributed by atoms with Crippen LogP contribution in [0.25, 0.3) is 0 Å². The Labute approximate surface area is 142 Å². The third kappa shape index (κ3) is 5.15. The maximum Gasteiger partial charge on any atom is 0.307 e. The monoisotopic (exact) mass is 335 g/mol. The third-order valence-electron chi connectivity index (χ3n) is 4.27. The summed E-state index contributed by atoms with van der Waals surface area (Å²) in [5, 5.41) is 0. The molecule has 0 N–H and O–H groups in total. The van der Waals surface area contributed by atoms with E-state index in [9.17, 15) is 9.59 Å². The fraction of sp³-hybridized carbons (Fsp3) is 0.556. The van der Waals surface area contributed by atoms with Gasteiger partial charge in [0.05, 0.1) is 27.2 Å². The van der Waals surface area contributed by atoms with Crippen molar-refractivity contribution < 1.29 is 23.8 Å². The molecule has 0 unspecified atom stereocenters. The Bertz CT molecular complexity index is 539. The van der Waals surface area contributed by atoms with Gasteiger partial charge >= 0.3 is 5.97 Å². The number of benzene rings is 1. The maximum absolute atomic E-state index is 12.5. The Kier molecular flexibility index (Phi) is 6.90. The molecule has 1 amide bonds. The number of amides is 1. The van der Waals surface area contributed by atoms with Gasteiger partial charge in [0.15, 0.2) is 0 Å². The molecule has 0 aromatic heterocycles. The zero-order valence-electron chi connectivity index (χ0n) is 14.3. The molecular weight excluding hydrogens is 310 g/mol. The van der Waals surface area contributed by atoms with Crippen LogP contribution in [-0.4, -0.2) is 50.7 Å². The first-order valence-electron chi connectivity index (χ1n) is 8.26. The number of ether oxygens (including phenoxy) is 3. The Morgan fingerprint density at radius 3 is 2.29 bits per heavy atom. The summed E-state index contributed by atoms with van der Waals surface area (Å²) in [5.74, 6) is 1.40. The van der Waals surface area contributed by atoms with Gasteiger partial charge in [-0.25, -0.2) is 0 Å². The number of hydrogen-bond donors (Lipinski definition) is 0. The highest BCUT2D eigenvalue weighted by Crippen LogP contribution is 2.28. The predicted molar refractivity (Wildman–Crippen MR) is 89.0 cm³/mol. The average molecular weight is 335 g/mol. The van der Waals surface area contributed by atoms with Gasteiger partial charge < -0.3 is 19.1 Å². The smallest absolute Gasteiger partial charge is 0.307 e. The van der Waals surface area contributed by atoms with E-state index >= 15 is 0 Å². The molecule has 132 valence electrons. The van der Waals surface area contributed by atoms with E-state index in [0.29, 0.717) is 19.7 Å². The van der Waals surface area contributed by atoms with Crippen molar-refractivity contribution in [3.05, 3.63) is 24.3 Å². The lowest BCUT2D eigenvalue weighted by Gasteiger charge is -2.31. The van der Waals surface area contributed by atoms with Crippen molar-refractivity contribution in [2.45, 2.75) is 25.7 Å². The van der Waals surface area contributed by atoms with Crippen molar-refractivity contribution in [2.24, 2.45) is 5.92 Å². The van der Waals surface area contributed by atoms with Crippen LogP contribution in [0.4, 0.5) is 0 Å². The molecule has 2 rings (SSSR count). The summed E-state index contributed by atoms with van der Waals surface area (Å²) in [6.07, 6.45) is 3.18. The number of nitrogens with zero attached hydrogens (tertiary/aromatic N) is 1. The largest absolute Gasteiger partial charge is 0.497 e. The first kappa shape index (κ1) is 18.1. The molecule has 6 heteroatoms. The lowest BCUT2D eigenvalue weighted by Crippen LogP contribution is -2.42. The van der Waals surface area contributed by atoms with Gasteiger partial charge in [-0.2, -0.15) is 0 Å². The van der Waals surface area contributed by atoms with Crippen molar-refractivity contribution in [1.29, 1.82) is 0 Å². The van der Waals surface area contributed by atoms with E-state index in [0.717, 1.165) is 30.8 Å². The minimum atomic E-state index is -0.308. The summed E-state index contributed by atoms with van der Waals surface area (Å²) in [6, 6.07) is 7.30. The Morgan fingerprint density at radius 1 is 1.08 bits per heavy atom. The second kappa shape index (κ2) is 9.15. The van der Waals surface area contributed by atoms with Crippen LogP contribution >= 0.6 is 0 Å². The van der Waals surface area contributed by atoms with Crippen LogP contribution in [0.5, 0.6) is 11.5 Å². The van der Waals surface area contributed by atoms with E-state index in [1.54, 1.807) is 12.0 Å². The standard InChI is InChI=1S/C18H25NO5/c1-22-15-6-8-16(9-7-15)24-13-12-19(11-10-17(20)23-2)18(21)14-4-3-5-14/h6-9,14H,3-5,10-13H2,1-2H3. The van der Waals surface area contributed by atoms with Crippen molar-refractivity contribution >= 4 is 11.9 Å². The molecule has 1 aromatic carbocycles. The van der Waals surface area contributed by atoms with E-state index in [2.05, 4.69) is 4.74 Å². The number of carbonyl (C=O) groups excluding carboxylic acids is 2. The zero-order valence-corrected chi connectivity index (χ0v) is 14.3. The second-order valence-corrected chi connectivity index (χ2v) is 5.80. The summed E-state index contributed by atoms with van der Waals surface area (Å²) < 4.78 is 15.4. The molecule has 1 aromatic rings. The highest BCUT2D eigenvalue weighted by atomic mass is 16.5. The molecule has 1 aliphatic carbocycles. The summed E-state index contributed by atoms with van der Waals surface area (Å²) in [4.78, 5) is 25.5. The van der Waals surface area contributed by atoms with Crippen LogP contribution in [-0.2, 0) is 14.3 Å². The van der Waals surface area contributed by atoms with E-state index < -0.39 is 0 Å². The molecule has 0 atom stereocenters. The zero-order chi connectivity index (χ0) is 17.4. The van der Waals surface area contributed by atoms with Gasteiger partial charge in [0.1, 0.15) is 18.1 Å². The van der Waals surface area contributed by atoms with Crippen molar-refractivity contribution in [2.75, 3.05) is 33.9 Å². The molecule has 6 nitrogen and oxygen atoms in total. The number of rotatable bonds is 9. The van der Waals surface area contributed by atoms with Gasteiger partial charge in [0.25, 0.3) is 0 Å². The third-order valence-corrected chi connectivity index (χ3v) is 4.27. The Morgan fingerprint density at radius 2 is 1.75 bits per heavy atom.